The molecular formula is C15H22FN3O. The lowest BCUT2D eigenvalue weighted by molar-refractivity contribution is 0.0414. The maximum atomic E-state index is 13.7. The van der Waals surface area contributed by atoms with Gasteiger partial charge < -0.3 is 10.6 Å². The zero-order chi connectivity index (χ0) is 15.0. The van der Waals surface area contributed by atoms with Crippen molar-refractivity contribution in [3.63, 3.8) is 0 Å². The number of amides is 1. The van der Waals surface area contributed by atoms with Gasteiger partial charge in [0.2, 0.25) is 0 Å². The van der Waals surface area contributed by atoms with Gasteiger partial charge in [-0.25, -0.2) is 4.39 Å². The molecule has 0 aromatic heterocycles. The van der Waals surface area contributed by atoms with E-state index in [1.165, 1.54) is 6.07 Å². The molecule has 0 saturated carbocycles. The summed E-state index contributed by atoms with van der Waals surface area (Å²) < 4.78 is 13.7. The molecule has 1 amide bonds. The molecule has 0 radical (unpaired) electrons. The van der Waals surface area contributed by atoms with Crippen LogP contribution >= 0.6 is 0 Å². The van der Waals surface area contributed by atoms with Crippen molar-refractivity contribution in [2.75, 3.05) is 25.9 Å². The number of nitrogens with two attached hydrogens (primary N) is 1. The van der Waals surface area contributed by atoms with Crippen LogP contribution in [0, 0.1) is 12.7 Å². The van der Waals surface area contributed by atoms with Crippen LogP contribution in [0.1, 0.15) is 29.8 Å². The summed E-state index contributed by atoms with van der Waals surface area (Å²) in [6.07, 6.45) is 0. The molecule has 1 aromatic carbocycles. The maximum Gasteiger partial charge on any atom is 0.254 e. The number of hydrogen-bond donors (Lipinski definition) is 1. The van der Waals surface area contributed by atoms with Gasteiger partial charge in [0.1, 0.15) is 5.82 Å². The molecule has 0 bridgehead atoms. The number of nitrogen functional groups attached to an aromatic ring is 1. The standard InChI is InChI=1S/C15H22FN3O/c1-9-7-19(8-10(2)18(9)4)15(20)12-5-13(16)11(3)14(17)6-12/h5-6,9-10H,7-8,17H2,1-4H3. The number of likely N-dealkylation sites (N-methyl/N-ethyl adjacent to an activating group) is 1. The molecule has 110 valence electrons. The number of benzene rings is 1. The Morgan fingerprint density at radius 2 is 1.85 bits per heavy atom. The SMILES string of the molecule is Cc1c(N)cc(C(=O)N2CC(C)N(C)C(C)C2)cc1F. The van der Waals surface area contributed by atoms with Crippen LogP contribution in [0.5, 0.6) is 0 Å². The summed E-state index contributed by atoms with van der Waals surface area (Å²) in [5.74, 6) is -0.578. The molecule has 1 fully saturated rings. The van der Waals surface area contributed by atoms with Crippen LogP contribution in [0.25, 0.3) is 0 Å². The first-order chi connectivity index (χ1) is 9.31. The van der Waals surface area contributed by atoms with E-state index in [-0.39, 0.29) is 18.0 Å². The predicted molar refractivity (Wildman–Crippen MR) is 78.1 cm³/mol. The van der Waals surface area contributed by atoms with Gasteiger partial charge in [-0.15, -0.1) is 0 Å². The third kappa shape index (κ3) is 2.63. The third-order valence-corrected chi connectivity index (χ3v) is 4.28. The lowest BCUT2D eigenvalue weighted by atomic mass is 10.1. The highest BCUT2D eigenvalue weighted by atomic mass is 19.1. The fourth-order valence-corrected chi connectivity index (χ4v) is 2.58. The second kappa shape index (κ2) is 5.40. The largest absolute Gasteiger partial charge is 0.398 e. The molecule has 0 aliphatic carbocycles. The van der Waals surface area contributed by atoms with E-state index in [1.807, 2.05) is 0 Å². The summed E-state index contributed by atoms with van der Waals surface area (Å²) >= 11 is 0. The molecule has 1 aliphatic rings. The molecule has 1 aromatic rings. The lowest BCUT2D eigenvalue weighted by Crippen LogP contribution is -2.56. The molecule has 1 saturated heterocycles. The molecule has 1 aliphatic heterocycles. The molecule has 0 spiro atoms. The van der Waals surface area contributed by atoms with Crippen molar-refractivity contribution in [2.24, 2.45) is 0 Å². The molecule has 2 rings (SSSR count). The van der Waals surface area contributed by atoms with Crippen molar-refractivity contribution in [2.45, 2.75) is 32.9 Å². The predicted octanol–water partition coefficient (Wildman–Crippen LogP) is 1.88. The Morgan fingerprint density at radius 1 is 1.30 bits per heavy atom. The Kier molecular flexibility index (Phi) is 3.99. The molecule has 2 unspecified atom stereocenters. The molecule has 2 N–H and O–H groups in total. The topological polar surface area (TPSA) is 49.6 Å². The van der Waals surface area contributed by atoms with Gasteiger partial charge in [-0.1, -0.05) is 0 Å². The summed E-state index contributed by atoms with van der Waals surface area (Å²) in [5.41, 5.74) is 6.79. The van der Waals surface area contributed by atoms with E-state index in [1.54, 1.807) is 17.9 Å². The van der Waals surface area contributed by atoms with Crippen LogP contribution < -0.4 is 5.73 Å². The van der Waals surface area contributed by atoms with Gasteiger partial charge in [-0.05, 0) is 40.0 Å². The summed E-state index contributed by atoms with van der Waals surface area (Å²) in [6.45, 7) is 7.07. The number of anilines is 1. The zero-order valence-corrected chi connectivity index (χ0v) is 12.5. The Morgan fingerprint density at radius 3 is 2.35 bits per heavy atom. The first-order valence-electron chi connectivity index (χ1n) is 6.88. The van der Waals surface area contributed by atoms with Crippen molar-refractivity contribution in [3.05, 3.63) is 29.1 Å². The highest BCUT2D eigenvalue weighted by Crippen LogP contribution is 2.21. The first kappa shape index (κ1) is 14.8. The Balaban J connectivity index is 2.24. The quantitative estimate of drug-likeness (QED) is 0.799. The number of rotatable bonds is 1. The highest BCUT2D eigenvalue weighted by Gasteiger charge is 2.30. The molecular weight excluding hydrogens is 257 g/mol. The summed E-state index contributed by atoms with van der Waals surface area (Å²) in [7, 11) is 2.06. The smallest absolute Gasteiger partial charge is 0.254 e. The maximum absolute atomic E-state index is 13.7. The number of hydrogen-bond acceptors (Lipinski definition) is 3. The van der Waals surface area contributed by atoms with Gasteiger partial charge in [-0.3, -0.25) is 9.69 Å². The Bertz CT molecular complexity index is 497. The number of piperazine rings is 1. The van der Waals surface area contributed by atoms with E-state index in [0.29, 0.717) is 29.9 Å². The van der Waals surface area contributed by atoms with Gasteiger partial charge >= 0.3 is 0 Å². The second-order valence-electron chi connectivity index (χ2n) is 5.75. The third-order valence-electron chi connectivity index (χ3n) is 4.28. The Labute approximate surface area is 119 Å². The minimum Gasteiger partial charge on any atom is -0.398 e. The van der Waals surface area contributed by atoms with Gasteiger partial charge in [-0.2, -0.15) is 0 Å². The minimum absolute atomic E-state index is 0.151. The molecule has 4 nitrogen and oxygen atoms in total. The van der Waals surface area contributed by atoms with Crippen LogP contribution in [-0.4, -0.2) is 47.9 Å². The average Bonchev–Trinajstić information content (AvgIpc) is 2.40. The van der Waals surface area contributed by atoms with Crippen molar-refractivity contribution in [3.8, 4) is 0 Å². The number of halogens is 1. The summed E-state index contributed by atoms with van der Waals surface area (Å²) in [6, 6.07) is 3.42. The molecule has 1 heterocycles. The molecule has 20 heavy (non-hydrogen) atoms. The van der Waals surface area contributed by atoms with Gasteiger partial charge in [0, 0.05) is 42.0 Å². The zero-order valence-electron chi connectivity index (χ0n) is 12.5. The number of nitrogens with zero attached hydrogens (tertiary/aromatic N) is 2. The first-order valence-corrected chi connectivity index (χ1v) is 6.88. The van der Waals surface area contributed by atoms with E-state index in [2.05, 4.69) is 25.8 Å². The van der Waals surface area contributed by atoms with E-state index in [0.717, 1.165) is 0 Å². The monoisotopic (exact) mass is 279 g/mol. The second-order valence-corrected chi connectivity index (χ2v) is 5.75. The van der Waals surface area contributed by atoms with Crippen LogP contribution in [0.2, 0.25) is 0 Å². The fourth-order valence-electron chi connectivity index (χ4n) is 2.58. The highest BCUT2D eigenvalue weighted by molar-refractivity contribution is 5.95. The van der Waals surface area contributed by atoms with Crippen LogP contribution in [0.4, 0.5) is 10.1 Å². The van der Waals surface area contributed by atoms with Crippen LogP contribution in [0.15, 0.2) is 12.1 Å². The van der Waals surface area contributed by atoms with Crippen LogP contribution in [0.3, 0.4) is 0 Å². The van der Waals surface area contributed by atoms with Gasteiger partial charge in [0.05, 0.1) is 0 Å². The summed E-state index contributed by atoms with van der Waals surface area (Å²) in [5, 5.41) is 0. The van der Waals surface area contributed by atoms with Crippen LogP contribution in [-0.2, 0) is 0 Å². The van der Waals surface area contributed by atoms with E-state index in [9.17, 15) is 9.18 Å². The Hall–Kier alpha value is -1.62. The van der Waals surface area contributed by atoms with Gasteiger partial charge in [0.25, 0.3) is 5.91 Å². The lowest BCUT2D eigenvalue weighted by Gasteiger charge is -2.42. The van der Waals surface area contributed by atoms with E-state index >= 15 is 0 Å². The van der Waals surface area contributed by atoms with Crippen molar-refractivity contribution >= 4 is 11.6 Å². The summed E-state index contributed by atoms with van der Waals surface area (Å²) in [4.78, 5) is 16.5. The van der Waals surface area contributed by atoms with Crippen molar-refractivity contribution in [1.82, 2.24) is 9.80 Å². The van der Waals surface area contributed by atoms with E-state index < -0.39 is 5.82 Å². The van der Waals surface area contributed by atoms with E-state index in [4.69, 9.17) is 5.73 Å². The molecule has 2 atom stereocenters. The average molecular weight is 279 g/mol. The normalized spacial score (nSPS) is 23.9. The van der Waals surface area contributed by atoms with Gasteiger partial charge in [0.15, 0.2) is 0 Å². The minimum atomic E-state index is -0.427. The number of carbonyl (C=O) groups is 1. The van der Waals surface area contributed by atoms with Crippen molar-refractivity contribution in [1.29, 1.82) is 0 Å². The van der Waals surface area contributed by atoms with Crippen molar-refractivity contribution < 1.29 is 9.18 Å². The number of carbonyl (C=O) groups excluding carboxylic acids is 1. The fraction of sp³-hybridized carbons (Fsp3) is 0.533. The molecule has 5 heteroatoms.